The number of benzene rings is 4. The highest BCUT2D eigenvalue weighted by Crippen LogP contribution is 2.42. The van der Waals surface area contributed by atoms with Gasteiger partial charge in [-0.1, -0.05) is 72.3 Å². The van der Waals surface area contributed by atoms with Crippen LogP contribution >= 0.6 is 11.8 Å². The fourth-order valence-corrected chi connectivity index (χ4v) is 5.77. The van der Waals surface area contributed by atoms with Crippen LogP contribution in [0.3, 0.4) is 0 Å². The van der Waals surface area contributed by atoms with Crippen molar-refractivity contribution >= 4 is 34.3 Å². The highest BCUT2D eigenvalue weighted by molar-refractivity contribution is 8.00. The molecule has 0 aliphatic carbocycles. The molecule has 0 bridgehead atoms. The Morgan fingerprint density at radius 2 is 1.44 bits per heavy atom. The van der Waals surface area contributed by atoms with Crippen molar-refractivity contribution < 1.29 is 4.79 Å². The van der Waals surface area contributed by atoms with E-state index in [1.807, 2.05) is 77.7 Å². The van der Waals surface area contributed by atoms with Gasteiger partial charge in [0.25, 0.3) is 5.56 Å². The van der Waals surface area contributed by atoms with E-state index in [9.17, 15) is 9.59 Å². The van der Waals surface area contributed by atoms with Crippen molar-refractivity contribution in [3.05, 3.63) is 125 Å². The average molecular weight is 490 g/mol. The molecular weight excluding hydrogens is 466 g/mol. The number of amides is 1. The molecule has 1 fully saturated rings. The minimum atomic E-state index is -0.127. The molecule has 5 aromatic rings. The third-order valence-corrected chi connectivity index (χ3v) is 7.64. The van der Waals surface area contributed by atoms with Crippen LogP contribution in [0, 0.1) is 6.92 Å². The highest BCUT2D eigenvalue weighted by atomic mass is 32.2. The van der Waals surface area contributed by atoms with Crippen LogP contribution in [-0.4, -0.2) is 21.2 Å². The molecule has 1 saturated heterocycles. The zero-order valence-corrected chi connectivity index (χ0v) is 20.5. The fraction of sp³-hybridized carbons (Fsp3) is 0.100. The third-order valence-electron chi connectivity index (χ3n) is 6.42. The van der Waals surface area contributed by atoms with Crippen LogP contribution in [-0.2, 0) is 4.79 Å². The first-order valence-electron chi connectivity index (χ1n) is 11.8. The van der Waals surface area contributed by atoms with Gasteiger partial charge >= 0.3 is 0 Å². The van der Waals surface area contributed by atoms with Gasteiger partial charge in [-0.3, -0.25) is 19.1 Å². The van der Waals surface area contributed by atoms with Crippen molar-refractivity contribution in [2.75, 3.05) is 10.7 Å². The van der Waals surface area contributed by atoms with Gasteiger partial charge in [0.15, 0.2) is 0 Å². The standard InChI is InChI=1S/C30H23N3O2S/c1-20-11-13-22(14-12-20)30-32(27(34)19-36-30)23-15-17-24(18-16-23)33-28(21-7-3-2-4-8-21)31-26-10-6-5-9-25(26)29(33)35/h2-18,30H,19H2,1H3. The number of aryl methyl sites for hydroxylation is 1. The monoisotopic (exact) mass is 489 g/mol. The van der Waals surface area contributed by atoms with E-state index < -0.39 is 0 Å². The lowest BCUT2D eigenvalue weighted by atomic mass is 10.1. The van der Waals surface area contributed by atoms with Gasteiger partial charge < -0.3 is 0 Å². The van der Waals surface area contributed by atoms with E-state index in [4.69, 9.17) is 4.98 Å². The van der Waals surface area contributed by atoms with Gasteiger partial charge in [-0.25, -0.2) is 4.98 Å². The number of anilines is 1. The predicted molar refractivity (Wildman–Crippen MR) is 147 cm³/mol. The van der Waals surface area contributed by atoms with Gasteiger partial charge in [0.2, 0.25) is 5.91 Å². The number of aromatic nitrogens is 2. The quantitative estimate of drug-likeness (QED) is 0.304. The van der Waals surface area contributed by atoms with Crippen LogP contribution in [0.1, 0.15) is 16.5 Å². The van der Waals surface area contributed by atoms with E-state index in [0.717, 1.165) is 16.8 Å². The summed E-state index contributed by atoms with van der Waals surface area (Å²) in [5, 5.41) is 0.487. The molecule has 1 aliphatic rings. The van der Waals surface area contributed by atoms with Crippen molar-refractivity contribution in [1.82, 2.24) is 9.55 Å². The molecule has 36 heavy (non-hydrogen) atoms. The number of carbonyl (C=O) groups excluding carboxylic acids is 1. The summed E-state index contributed by atoms with van der Waals surface area (Å²) in [5.74, 6) is 1.09. The number of carbonyl (C=O) groups is 1. The van der Waals surface area contributed by atoms with E-state index >= 15 is 0 Å². The molecule has 0 radical (unpaired) electrons. The molecule has 1 unspecified atom stereocenters. The lowest BCUT2D eigenvalue weighted by Gasteiger charge is -2.25. The second kappa shape index (κ2) is 9.13. The molecule has 0 N–H and O–H groups in total. The Morgan fingerprint density at radius 1 is 0.778 bits per heavy atom. The van der Waals surface area contributed by atoms with Crippen molar-refractivity contribution in [3.63, 3.8) is 0 Å². The molecule has 5 nitrogen and oxygen atoms in total. The Kier molecular flexibility index (Phi) is 5.66. The number of para-hydroxylation sites is 1. The Balaban J connectivity index is 1.45. The summed E-state index contributed by atoms with van der Waals surface area (Å²) in [7, 11) is 0. The lowest BCUT2D eigenvalue weighted by Crippen LogP contribution is -2.28. The maximum absolute atomic E-state index is 13.6. The summed E-state index contributed by atoms with van der Waals surface area (Å²) in [6.07, 6.45) is 0. The summed E-state index contributed by atoms with van der Waals surface area (Å²) in [4.78, 5) is 33.2. The second-order valence-corrected chi connectivity index (χ2v) is 9.88. The van der Waals surface area contributed by atoms with Crippen molar-refractivity contribution in [1.29, 1.82) is 0 Å². The van der Waals surface area contributed by atoms with Crippen LogP contribution in [0.4, 0.5) is 5.69 Å². The summed E-state index contributed by atoms with van der Waals surface area (Å²) in [6.45, 7) is 2.06. The Morgan fingerprint density at radius 3 is 2.19 bits per heavy atom. The van der Waals surface area contributed by atoms with E-state index in [1.54, 1.807) is 22.4 Å². The summed E-state index contributed by atoms with van der Waals surface area (Å²) < 4.78 is 1.65. The highest BCUT2D eigenvalue weighted by Gasteiger charge is 2.34. The number of hydrogen-bond donors (Lipinski definition) is 0. The Hall–Kier alpha value is -4.16. The first-order chi connectivity index (χ1) is 17.6. The fourth-order valence-electron chi connectivity index (χ4n) is 4.60. The van der Waals surface area contributed by atoms with Crippen molar-refractivity contribution in [2.45, 2.75) is 12.3 Å². The lowest BCUT2D eigenvalue weighted by molar-refractivity contribution is -0.115. The maximum atomic E-state index is 13.6. The SMILES string of the molecule is Cc1ccc(C2SCC(=O)N2c2ccc(-n3c(-c4ccccc4)nc4ccccc4c3=O)cc2)cc1. The second-order valence-electron chi connectivity index (χ2n) is 8.81. The van der Waals surface area contributed by atoms with Gasteiger partial charge in [-0.2, -0.15) is 0 Å². The topological polar surface area (TPSA) is 55.2 Å². The van der Waals surface area contributed by atoms with Gasteiger partial charge in [0.05, 0.1) is 22.3 Å². The zero-order valence-electron chi connectivity index (χ0n) is 19.7. The number of hydrogen-bond acceptors (Lipinski definition) is 4. The summed E-state index contributed by atoms with van der Waals surface area (Å²) >= 11 is 1.63. The molecule has 1 aliphatic heterocycles. The van der Waals surface area contributed by atoms with Crippen LogP contribution in [0.25, 0.3) is 28.0 Å². The number of thioether (sulfide) groups is 1. The van der Waals surface area contributed by atoms with Gasteiger partial charge in [0.1, 0.15) is 11.2 Å². The van der Waals surface area contributed by atoms with Crippen LogP contribution in [0.2, 0.25) is 0 Å². The van der Waals surface area contributed by atoms with E-state index in [-0.39, 0.29) is 16.8 Å². The maximum Gasteiger partial charge on any atom is 0.266 e. The van der Waals surface area contributed by atoms with Gasteiger partial charge in [-0.05, 0) is 48.9 Å². The third kappa shape index (κ3) is 3.89. The number of fused-ring (bicyclic) bond motifs is 1. The van der Waals surface area contributed by atoms with Gasteiger partial charge in [-0.15, -0.1) is 11.8 Å². The molecule has 0 spiro atoms. The number of nitrogens with zero attached hydrogens (tertiary/aromatic N) is 3. The van der Waals surface area contributed by atoms with E-state index in [0.29, 0.717) is 28.2 Å². The van der Waals surface area contributed by atoms with E-state index in [1.165, 1.54) is 5.56 Å². The Labute approximate surface area is 213 Å². The number of rotatable bonds is 4. The Bertz CT molecular complexity index is 1630. The molecule has 0 saturated carbocycles. The van der Waals surface area contributed by atoms with Crippen LogP contribution in [0.15, 0.2) is 108 Å². The first kappa shape index (κ1) is 22.3. The first-order valence-corrected chi connectivity index (χ1v) is 12.8. The molecular formula is C30H23N3O2S. The van der Waals surface area contributed by atoms with Crippen molar-refractivity contribution in [3.8, 4) is 17.1 Å². The molecule has 1 amide bonds. The molecule has 4 aromatic carbocycles. The van der Waals surface area contributed by atoms with E-state index in [2.05, 4.69) is 31.2 Å². The molecule has 2 heterocycles. The summed E-state index contributed by atoms with van der Waals surface area (Å²) in [6, 6.07) is 33.0. The van der Waals surface area contributed by atoms with Crippen molar-refractivity contribution in [2.24, 2.45) is 0 Å². The van der Waals surface area contributed by atoms with Crippen LogP contribution in [0.5, 0.6) is 0 Å². The molecule has 1 aromatic heterocycles. The zero-order chi connectivity index (χ0) is 24.6. The predicted octanol–water partition coefficient (Wildman–Crippen LogP) is 6.14. The normalized spacial score (nSPS) is 15.5. The van der Waals surface area contributed by atoms with Gasteiger partial charge in [0, 0.05) is 11.3 Å². The molecule has 6 rings (SSSR count). The minimum Gasteiger partial charge on any atom is -0.295 e. The largest absolute Gasteiger partial charge is 0.295 e. The van der Waals surface area contributed by atoms with Crippen LogP contribution < -0.4 is 10.5 Å². The molecule has 1 atom stereocenters. The summed E-state index contributed by atoms with van der Waals surface area (Å²) in [5.41, 5.74) is 5.19. The average Bonchev–Trinajstić information content (AvgIpc) is 3.31. The smallest absolute Gasteiger partial charge is 0.266 e. The minimum absolute atomic E-state index is 0.0751. The molecule has 176 valence electrons. The molecule has 6 heteroatoms.